The second-order valence-corrected chi connectivity index (χ2v) is 6.66. The lowest BCUT2D eigenvalue weighted by Gasteiger charge is -2.23. The maximum atomic E-state index is 12.7. The SMILES string of the molecule is Nc1cccc(CN(C(=O)c2ccc(I)cc2)C2CC2)c1. The van der Waals surface area contributed by atoms with E-state index in [0.29, 0.717) is 12.6 Å². The fraction of sp³-hybridized carbons (Fsp3) is 0.235. The molecule has 1 aliphatic rings. The summed E-state index contributed by atoms with van der Waals surface area (Å²) in [5, 5.41) is 0. The number of carbonyl (C=O) groups is 1. The summed E-state index contributed by atoms with van der Waals surface area (Å²) in [6.45, 7) is 0.626. The maximum absolute atomic E-state index is 12.7. The van der Waals surface area contributed by atoms with Gasteiger partial charge < -0.3 is 10.6 Å². The van der Waals surface area contributed by atoms with Crippen LogP contribution in [0.2, 0.25) is 0 Å². The van der Waals surface area contributed by atoms with Gasteiger partial charge >= 0.3 is 0 Å². The summed E-state index contributed by atoms with van der Waals surface area (Å²) in [6.07, 6.45) is 2.19. The Balaban J connectivity index is 1.81. The quantitative estimate of drug-likeness (QED) is 0.638. The summed E-state index contributed by atoms with van der Waals surface area (Å²) < 4.78 is 1.14. The van der Waals surface area contributed by atoms with Gasteiger partial charge in [0.05, 0.1) is 0 Å². The van der Waals surface area contributed by atoms with E-state index in [1.165, 1.54) is 0 Å². The lowest BCUT2D eigenvalue weighted by molar-refractivity contribution is 0.0730. The van der Waals surface area contributed by atoms with Crippen molar-refractivity contribution in [3.05, 3.63) is 63.2 Å². The molecule has 1 fully saturated rings. The fourth-order valence-electron chi connectivity index (χ4n) is 2.40. The summed E-state index contributed by atoms with van der Waals surface area (Å²) in [7, 11) is 0. The van der Waals surface area contributed by atoms with Crippen LogP contribution in [0.5, 0.6) is 0 Å². The molecule has 2 aromatic carbocycles. The molecule has 0 spiro atoms. The molecule has 0 radical (unpaired) electrons. The topological polar surface area (TPSA) is 46.3 Å². The number of hydrogen-bond donors (Lipinski definition) is 1. The minimum Gasteiger partial charge on any atom is -0.399 e. The van der Waals surface area contributed by atoms with Gasteiger partial charge in [-0.3, -0.25) is 4.79 Å². The van der Waals surface area contributed by atoms with Gasteiger partial charge in [0.25, 0.3) is 5.91 Å². The molecule has 0 aromatic heterocycles. The first kappa shape index (κ1) is 14.4. The van der Waals surface area contributed by atoms with E-state index in [1.807, 2.05) is 53.4 Å². The maximum Gasteiger partial charge on any atom is 0.254 e. The first-order valence-electron chi connectivity index (χ1n) is 7.04. The van der Waals surface area contributed by atoms with E-state index in [2.05, 4.69) is 22.6 Å². The number of anilines is 1. The fourth-order valence-corrected chi connectivity index (χ4v) is 2.76. The average molecular weight is 392 g/mol. The standard InChI is InChI=1S/C17H17IN2O/c18-14-6-4-13(5-7-14)17(21)20(16-8-9-16)11-12-2-1-3-15(19)10-12/h1-7,10,16H,8-9,11,19H2. The Morgan fingerprint density at radius 2 is 1.90 bits per heavy atom. The van der Waals surface area contributed by atoms with Crippen molar-refractivity contribution in [2.75, 3.05) is 5.73 Å². The van der Waals surface area contributed by atoms with Gasteiger partial charge in [-0.25, -0.2) is 0 Å². The van der Waals surface area contributed by atoms with Crippen molar-refractivity contribution in [2.45, 2.75) is 25.4 Å². The Labute approximate surface area is 138 Å². The first-order valence-corrected chi connectivity index (χ1v) is 8.12. The molecule has 1 amide bonds. The third kappa shape index (κ3) is 3.56. The van der Waals surface area contributed by atoms with Crippen molar-refractivity contribution in [1.82, 2.24) is 4.90 Å². The number of carbonyl (C=O) groups excluding carboxylic acids is 1. The third-order valence-electron chi connectivity index (χ3n) is 3.64. The lowest BCUT2D eigenvalue weighted by atomic mass is 10.1. The second-order valence-electron chi connectivity index (χ2n) is 5.42. The summed E-state index contributed by atoms with van der Waals surface area (Å²) in [4.78, 5) is 14.7. The van der Waals surface area contributed by atoms with Gasteiger partial charge in [-0.2, -0.15) is 0 Å². The molecular weight excluding hydrogens is 375 g/mol. The van der Waals surface area contributed by atoms with E-state index in [-0.39, 0.29) is 5.91 Å². The number of nitrogens with zero attached hydrogens (tertiary/aromatic N) is 1. The number of rotatable bonds is 4. The highest BCUT2D eigenvalue weighted by Gasteiger charge is 2.33. The van der Waals surface area contributed by atoms with Crippen LogP contribution in [0.3, 0.4) is 0 Å². The van der Waals surface area contributed by atoms with Crippen LogP contribution in [0.1, 0.15) is 28.8 Å². The molecule has 0 unspecified atom stereocenters. The van der Waals surface area contributed by atoms with Gasteiger partial charge in [0, 0.05) is 27.4 Å². The molecule has 2 aromatic rings. The third-order valence-corrected chi connectivity index (χ3v) is 4.36. The molecule has 21 heavy (non-hydrogen) atoms. The zero-order valence-corrected chi connectivity index (χ0v) is 13.8. The number of nitrogen functional groups attached to an aromatic ring is 1. The van der Waals surface area contributed by atoms with Crippen LogP contribution in [-0.4, -0.2) is 16.8 Å². The molecule has 0 heterocycles. The van der Waals surface area contributed by atoms with Crippen molar-refractivity contribution < 1.29 is 4.79 Å². The number of halogens is 1. The Bertz CT molecular complexity index is 650. The van der Waals surface area contributed by atoms with Crippen LogP contribution in [-0.2, 0) is 6.54 Å². The van der Waals surface area contributed by atoms with Crippen LogP contribution in [0.25, 0.3) is 0 Å². The highest BCUT2D eigenvalue weighted by molar-refractivity contribution is 14.1. The number of amides is 1. The first-order chi connectivity index (χ1) is 10.1. The van der Waals surface area contributed by atoms with Crippen molar-refractivity contribution in [2.24, 2.45) is 0 Å². The number of benzene rings is 2. The highest BCUT2D eigenvalue weighted by Crippen LogP contribution is 2.30. The Kier molecular flexibility index (Phi) is 4.14. The molecular formula is C17H17IN2O. The normalized spacial score (nSPS) is 14.0. The van der Waals surface area contributed by atoms with Crippen molar-refractivity contribution in [3.63, 3.8) is 0 Å². The van der Waals surface area contributed by atoms with Crippen LogP contribution in [0.4, 0.5) is 5.69 Å². The molecule has 3 rings (SSSR count). The zero-order chi connectivity index (χ0) is 14.8. The van der Waals surface area contributed by atoms with Gasteiger partial charge in [-0.05, 0) is 77.4 Å². The molecule has 1 saturated carbocycles. The number of nitrogens with two attached hydrogens (primary N) is 1. The lowest BCUT2D eigenvalue weighted by Crippen LogP contribution is -2.32. The van der Waals surface area contributed by atoms with E-state index in [0.717, 1.165) is 33.2 Å². The van der Waals surface area contributed by atoms with Gasteiger partial charge in [-0.1, -0.05) is 12.1 Å². The molecule has 0 aliphatic heterocycles. The molecule has 1 aliphatic carbocycles. The Morgan fingerprint density at radius 1 is 1.19 bits per heavy atom. The Morgan fingerprint density at radius 3 is 2.52 bits per heavy atom. The monoisotopic (exact) mass is 392 g/mol. The molecule has 0 atom stereocenters. The van der Waals surface area contributed by atoms with E-state index < -0.39 is 0 Å². The molecule has 3 nitrogen and oxygen atoms in total. The van der Waals surface area contributed by atoms with Crippen molar-refractivity contribution in [1.29, 1.82) is 0 Å². The van der Waals surface area contributed by atoms with Crippen LogP contribution >= 0.6 is 22.6 Å². The molecule has 0 bridgehead atoms. The smallest absolute Gasteiger partial charge is 0.254 e. The number of hydrogen-bond acceptors (Lipinski definition) is 2. The largest absolute Gasteiger partial charge is 0.399 e. The van der Waals surface area contributed by atoms with Crippen LogP contribution in [0, 0.1) is 3.57 Å². The predicted octanol–water partition coefficient (Wildman–Crippen LogP) is 3.68. The average Bonchev–Trinajstić information content (AvgIpc) is 3.29. The zero-order valence-electron chi connectivity index (χ0n) is 11.6. The summed E-state index contributed by atoms with van der Waals surface area (Å²) in [6, 6.07) is 15.9. The van der Waals surface area contributed by atoms with Gasteiger partial charge in [0.1, 0.15) is 0 Å². The summed E-state index contributed by atoms with van der Waals surface area (Å²) in [5.74, 6) is 0.108. The summed E-state index contributed by atoms with van der Waals surface area (Å²) in [5.41, 5.74) is 8.41. The van der Waals surface area contributed by atoms with E-state index in [1.54, 1.807) is 0 Å². The van der Waals surface area contributed by atoms with Gasteiger partial charge in [-0.15, -0.1) is 0 Å². The summed E-state index contributed by atoms with van der Waals surface area (Å²) >= 11 is 2.25. The molecule has 2 N–H and O–H groups in total. The van der Waals surface area contributed by atoms with E-state index in [9.17, 15) is 4.79 Å². The molecule has 0 saturated heterocycles. The highest BCUT2D eigenvalue weighted by atomic mass is 127. The molecule has 108 valence electrons. The van der Waals surface area contributed by atoms with E-state index >= 15 is 0 Å². The predicted molar refractivity (Wildman–Crippen MR) is 92.9 cm³/mol. The Hall–Kier alpha value is -1.56. The van der Waals surface area contributed by atoms with Crippen molar-refractivity contribution >= 4 is 34.2 Å². The van der Waals surface area contributed by atoms with Gasteiger partial charge in [0.15, 0.2) is 0 Å². The van der Waals surface area contributed by atoms with Crippen LogP contribution < -0.4 is 5.73 Å². The minimum atomic E-state index is 0.108. The van der Waals surface area contributed by atoms with Crippen molar-refractivity contribution in [3.8, 4) is 0 Å². The van der Waals surface area contributed by atoms with E-state index in [4.69, 9.17) is 5.73 Å². The van der Waals surface area contributed by atoms with Crippen LogP contribution in [0.15, 0.2) is 48.5 Å². The van der Waals surface area contributed by atoms with Gasteiger partial charge in [0.2, 0.25) is 0 Å². The molecule has 4 heteroatoms. The minimum absolute atomic E-state index is 0.108. The second kappa shape index (κ2) is 6.05.